The highest BCUT2D eigenvalue weighted by atomic mass is 16.3. The summed E-state index contributed by atoms with van der Waals surface area (Å²) in [6.07, 6.45) is 0.752. The van der Waals surface area contributed by atoms with Crippen molar-refractivity contribution < 1.29 is 15.0 Å². The second-order valence-electron chi connectivity index (χ2n) is 6.44. The largest absolute Gasteiger partial charge is 0.394 e. The van der Waals surface area contributed by atoms with Crippen molar-refractivity contribution >= 4 is 23.5 Å². The molecule has 2 atom stereocenters. The molecular weight excluding hydrogens is 334 g/mol. The lowest BCUT2D eigenvalue weighted by Crippen LogP contribution is -2.46. The van der Waals surface area contributed by atoms with Crippen molar-refractivity contribution in [2.75, 3.05) is 28.8 Å². The zero-order chi connectivity index (χ0) is 18.8. The van der Waals surface area contributed by atoms with E-state index in [0.717, 1.165) is 16.8 Å². The van der Waals surface area contributed by atoms with Crippen LogP contribution in [0.2, 0.25) is 0 Å². The van der Waals surface area contributed by atoms with Gasteiger partial charge in [-0.2, -0.15) is 4.98 Å². The number of carbonyl (C=O) groups excluding carboxylic acids is 1. The fraction of sp³-hybridized carbons (Fsp3) is 0.389. The van der Waals surface area contributed by atoms with Gasteiger partial charge in [0.25, 0.3) is 0 Å². The molecule has 8 nitrogen and oxygen atoms in total. The Morgan fingerprint density at radius 2 is 2.08 bits per heavy atom. The van der Waals surface area contributed by atoms with Crippen LogP contribution in [0.25, 0.3) is 0 Å². The first-order valence-electron chi connectivity index (χ1n) is 8.44. The number of rotatable bonds is 5. The molecule has 2 heterocycles. The summed E-state index contributed by atoms with van der Waals surface area (Å²) < 4.78 is 0. The predicted octanol–water partition coefficient (Wildman–Crippen LogP) is 1.52. The van der Waals surface area contributed by atoms with Gasteiger partial charge in [0.1, 0.15) is 5.82 Å². The first kappa shape index (κ1) is 18.1. The number of carbonyl (C=O) groups is 1. The number of aromatic nitrogens is 2. The van der Waals surface area contributed by atoms with Crippen LogP contribution in [0.5, 0.6) is 0 Å². The number of hydrogen-bond acceptors (Lipinski definition) is 6. The lowest BCUT2D eigenvalue weighted by Gasteiger charge is -2.34. The average molecular weight is 357 g/mol. The van der Waals surface area contributed by atoms with E-state index in [-0.39, 0.29) is 12.6 Å². The van der Waals surface area contributed by atoms with E-state index in [9.17, 15) is 9.90 Å². The van der Waals surface area contributed by atoms with Crippen molar-refractivity contribution in [3.8, 4) is 0 Å². The minimum Gasteiger partial charge on any atom is -0.394 e. The first-order chi connectivity index (χ1) is 12.4. The van der Waals surface area contributed by atoms with Crippen LogP contribution in [0.15, 0.2) is 30.5 Å². The third-order valence-corrected chi connectivity index (χ3v) is 4.53. The highest BCUT2D eigenvalue weighted by Gasteiger charge is 2.31. The summed E-state index contributed by atoms with van der Waals surface area (Å²) in [6, 6.07) is 7.14. The van der Waals surface area contributed by atoms with Crippen molar-refractivity contribution in [1.82, 2.24) is 9.97 Å². The molecule has 3 rings (SSSR count). The SMILES string of the molecule is Cc1ccccc1N1Cc2cnc(N[C@H](C)C(O)CO)nc2N(C)C1=O. The van der Waals surface area contributed by atoms with E-state index in [1.165, 1.54) is 4.90 Å². The van der Waals surface area contributed by atoms with Gasteiger partial charge in [-0.15, -0.1) is 0 Å². The maximum absolute atomic E-state index is 12.8. The predicted molar refractivity (Wildman–Crippen MR) is 99.4 cm³/mol. The smallest absolute Gasteiger partial charge is 0.330 e. The number of aliphatic hydroxyl groups excluding tert-OH is 2. The molecule has 3 N–H and O–H groups in total. The lowest BCUT2D eigenvalue weighted by atomic mass is 10.1. The van der Waals surface area contributed by atoms with E-state index in [1.54, 1.807) is 25.1 Å². The fourth-order valence-corrected chi connectivity index (χ4v) is 2.89. The molecule has 1 aliphatic heterocycles. The molecule has 0 saturated heterocycles. The number of fused-ring (bicyclic) bond motifs is 1. The number of para-hydroxylation sites is 1. The highest BCUT2D eigenvalue weighted by molar-refractivity contribution is 6.05. The van der Waals surface area contributed by atoms with Crippen LogP contribution in [0, 0.1) is 6.92 Å². The van der Waals surface area contributed by atoms with Gasteiger partial charge in [0.15, 0.2) is 0 Å². The van der Waals surface area contributed by atoms with Gasteiger partial charge in [-0.25, -0.2) is 9.78 Å². The quantitative estimate of drug-likeness (QED) is 0.750. The molecular formula is C18H23N5O3. The summed E-state index contributed by atoms with van der Waals surface area (Å²) in [5, 5.41) is 21.6. The van der Waals surface area contributed by atoms with Crippen LogP contribution in [-0.4, -0.2) is 52.0 Å². The van der Waals surface area contributed by atoms with Crippen LogP contribution < -0.4 is 15.1 Å². The van der Waals surface area contributed by atoms with E-state index >= 15 is 0 Å². The minimum absolute atomic E-state index is 0.167. The fourth-order valence-electron chi connectivity index (χ4n) is 2.89. The molecule has 2 amide bonds. The molecule has 1 aromatic carbocycles. The molecule has 0 radical (unpaired) electrons. The summed E-state index contributed by atoms with van der Waals surface area (Å²) in [5.41, 5.74) is 2.71. The zero-order valence-electron chi connectivity index (χ0n) is 15.0. The Morgan fingerprint density at radius 1 is 1.35 bits per heavy atom. The van der Waals surface area contributed by atoms with E-state index in [0.29, 0.717) is 18.3 Å². The molecule has 0 spiro atoms. The standard InChI is InChI=1S/C18H23N5O3/c1-11-6-4-5-7-14(11)23-9-13-8-19-17(20-12(2)15(25)10-24)21-16(13)22(3)18(23)26/h4-8,12,15,24-25H,9-10H2,1-3H3,(H,19,20,21)/t12-,15?/m1/s1. The summed E-state index contributed by atoms with van der Waals surface area (Å²) >= 11 is 0. The summed E-state index contributed by atoms with van der Waals surface area (Å²) in [7, 11) is 1.67. The van der Waals surface area contributed by atoms with Gasteiger partial charge >= 0.3 is 6.03 Å². The number of amides is 2. The molecule has 1 unspecified atom stereocenters. The zero-order valence-corrected chi connectivity index (χ0v) is 15.0. The molecule has 8 heteroatoms. The Labute approximate surface area is 152 Å². The average Bonchev–Trinajstić information content (AvgIpc) is 2.65. The second kappa shape index (κ2) is 7.27. The maximum atomic E-state index is 12.8. The van der Waals surface area contributed by atoms with Crippen LogP contribution in [0.1, 0.15) is 18.1 Å². The lowest BCUT2D eigenvalue weighted by molar-refractivity contribution is 0.0837. The first-order valence-corrected chi connectivity index (χ1v) is 8.44. The molecule has 2 aromatic rings. The van der Waals surface area contributed by atoms with Gasteiger partial charge in [-0.1, -0.05) is 18.2 Å². The molecule has 0 aliphatic carbocycles. The van der Waals surface area contributed by atoms with Crippen LogP contribution in [0.4, 0.5) is 22.2 Å². The van der Waals surface area contributed by atoms with Crippen molar-refractivity contribution in [3.63, 3.8) is 0 Å². The Hall–Kier alpha value is -2.71. The second-order valence-corrected chi connectivity index (χ2v) is 6.44. The van der Waals surface area contributed by atoms with Crippen molar-refractivity contribution in [2.24, 2.45) is 0 Å². The third kappa shape index (κ3) is 3.33. The van der Waals surface area contributed by atoms with Crippen molar-refractivity contribution in [2.45, 2.75) is 32.5 Å². The summed E-state index contributed by atoms with van der Waals surface area (Å²) in [4.78, 5) is 24.7. The van der Waals surface area contributed by atoms with Gasteiger partial charge in [0.2, 0.25) is 5.95 Å². The molecule has 0 fully saturated rings. The van der Waals surface area contributed by atoms with Crippen molar-refractivity contribution in [3.05, 3.63) is 41.6 Å². The summed E-state index contributed by atoms with van der Waals surface area (Å²) in [6.45, 7) is 3.72. The monoisotopic (exact) mass is 357 g/mol. The number of anilines is 3. The number of aryl methyl sites for hydroxylation is 1. The number of benzene rings is 1. The molecule has 0 saturated carbocycles. The van der Waals surface area contributed by atoms with Gasteiger partial charge in [0.05, 0.1) is 25.3 Å². The molecule has 1 aromatic heterocycles. The topological polar surface area (TPSA) is 102 Å². The van der Waals surface area contributed by atoms with E-state index in [4.69, 9.17) is 5.11 Å². The number of hydrogen-bond donors (Lipinski definition) is 3. The van der Waals surface area contributed by atoms with Crippen LogP contribution in [-0.2, 0) is 6.54 Å². The third-order valence-electron chi connectivity index (χ3n) is 4.53. The van der Waals surface area contributed by atoms with Gasteiger partial charge < -0.3 is 15.5 Å². The van der Waals surface area contributed by atoms with Gasteiger partial charge in [0, 0.05) is 24.5 Å². The van der Waals surface area contributed by atoms with Crippen molar-refractivity contribution in [1.29, 1.82) is 0 Å². The Bertz CT molecular complexity index is 813. The van der Waals surface area contributed by atoms with E-state index < -0.39 is 12.1 Å². The Morgan fingerprint density at radius 3 is 2.77 bits per heavy atom. The Balaban J connectivity index is 1.88. The number of urea groups is 1. The Kier molecular flexibility index (Phi) is 5.06. The number of nitrogens with one attached hydrogen (secondary N) is 1. The minimum atomic E-state index is -0.925. The molecule has 1 aliphatic rings. The molecule has 0 bridgehead atoms. The van der Waals surface area contributed by atoms with Gasteiger partial charge in [-0.3, -0.25) is 9.80 Å². The number of aliphatic hydroxyl groups is 2. The molecule has 26 heavy (non-hydrogen) atoms. The normalized spacial score (nSPS) is 16.3. The highest BCUT2D eigenvalue weighted by Crippen LogP contribution is 2.31. The maximum Gasteiger partial charge on any atom is 0.330 e. The van der Waals surface area contributed by atoms with Gasteiger partial charge in [-0.05, 0) is 25.5 Å². The van der Waals surface area contributed by atoms with E-state index in [1.807, 2.05) is 31.2 Å². The van der Waals surface area contributed by atoms with Crippen LogP contribution >= 0.6 is 0 Å². The molecule has 138 valence electrons. The summed E-state index contributed by atoms with van der Waals surface area (Å²) in [5.74, 6) is 0.829. The van der Waals surface area contributed by atoms with Crippen LogP contribution in [0.3, 0.4) is 0 Å². The van der Waals surface area contributed by atoms with E-state index in [2.05, 4.69) is 15.3 Å². The number of nitrogens with zero attached hydrogens (tertiary/aromatic N) is 4.